The second-order valence-electron chi connectivity index (χ2n) is 5.08. The number of carbonyl (C=O) groups is 1. The standard InChI is InChI=1S/C14H19BrN2O.ClH/c1-9-4-5-12(15)6-13(9)14(18)17-8-10(2)16-7-11(17)3;/h4-6,10-11,16H,7-8H2,1-3H3;1H. The molecule has 2 unspecified atom stereocenters. The summed E-state index contributed by atoms with van der Waals surface area (Å²) in [6, 6.07) is 6.46. The summed E-state index contributed by atoms with van der Waals surface area (Å²) in [5, 5.41) is 3.39. The summed E-state index contributed by atoms with van der Waals surface area (Å²) < 4.78 is 0.951. The van der Waals surface area contributed by atoms with E-state index >= 15 is 0 Å². The summed E-state index contributed by atoms with van der Waals surface area (Å²) >= 11 is 3.43. The third-order valence-electron chi connectivity index (χ3n) is 3.46. The molecule has 1 heterocycles. The quantitative estimate of drug-likeness (QED) is 0.847. The van der Waals surface area contributed by atoms with Crippen molar-refractivity contribution in [1.82, 2.24) is 10.2 Å². The number of halogens is 2. The number of hydrogen-bond donors (Lipinski definition) is 1. The number of amides is 1. The fourth-order valence-corrected chi connectivity index (χ4v) is 2.64. The first-order chi connectivity index (χ1) is 8.49. The van der Waals surface area contributed by atoms with Gasteiger partial charge in [-0.3, -0.25) is 4.79 Å². The molecule has 0 radical (unpaired) electrons. The number of hydrogen-bond acceptors (Lipinski definition) is 2. The lowest BCUT2D eigenvalue weighted by Gasteiger charge is -2.37. The minimum absolute atomic E-state index is 0. The van der Waals surface area contributed by atoms with Gasteiger partial charge in [0.05, 0.1) is 0 Å². The van der Waals surface area contributed by atoms with Crippen LogP contribution in [0.15, 0.2) is 22.7 Å². The zero-order chi connectivity index (χ0) is 13.3. The lowest BCUT2D eigenvalue weighted by Crippen LogP contribution is -2.56. The summed E-state index contributed by atoms with van der Waals surface area (Å²) in [5.41, 5.74) is 1.83. The zero-order valence-corrected chi connectivity index (χ0v) is 13.8. The summed E-state index contributed by atoms with van der Waals surface area (Å²) in [5.74, 6) is 0.134. The molecule has 1 saturated heterocycles. The van der Waals surface area contributed by atoms with E-state index in [2.05, 4.69) is 35.1 Å². The molecule has 1 aliphatic heterocycles. The van der Waals surface area contributed by atoms with Gasteiger partial charge in [-0.05, 0) is 38.5 Å². The molecule has 106 valence electrons. The second-order valence-corrected chi connectivity index (χ2v) is 5.99. The molecule has 0 aliphatic carbocycles. The van der Waals surface area contributed by atoms with E-state index in [1.165, 1.54) is 0 Å². The third kappa shape index (κ3) is 3.71. The molecule has 3 nitrogen and oxygen atoms in total. The molecule has 5 heteroatoms. The van der Waals surface area contributed by atoms with Gasteiger partial charge in [-0.1, -0.05) is 22.0 Å². The molecule has 0 spiro atoms. The molecule has 19 heavy (non-hydrogen) atoms. The average Bonchev–Trinajstić information content (AvgIpc) is 2.34. The van der Waals surface area contributed by atoms with Gasteiger partial charge in [0, 0.05) is 35.2 Å². The molecular formula is C14H20BrClN2O. The molecule has 2 atom stereocenters. The van der Waals surface area contributed by atoms with Crippen molar-refractivity contribution in [2.24, 2.45) is 0 Å². The number of nitrogens with one attached hydrogen (secondary N) is 1. The molecule has 2 rings (SSSR count). The first-order valence-corrected chi connectivity index (χ1v) is 7.09. The van der Waals surface area contributed by atoms with Gasteiger partial charge >= 0.3 is 0 Å². The predicted molar refractivity (Wildman–Crippen MR) is 84.1 cm³/mol. The Hall–Kier alpha value is -0.580. The highest BCUT2D eigenvalue weighted by molar-refractivity contribution is 9.10. The Labute approximate surface area is 129 Å². The van der Waals surface area contributed by atoms with Crippen molar-refractivity contribution in [2.75, 3.05) is 13.1 Å². The molecule has 1 fully saturated rings. The molecule has 1 aromatic rings. The van der Waals surface area contributed by atoms with Crippen molar-refractivity contribution in [2.45, 2.75) is 32.9 Å². The fraction of sp³-hybridized carbons (Fsp3) is 0.500. The van der Waals surface area contributed by atoms with Gasteiger partial charge in [0.2, 0.25) is 0 Å². The second kappa shape index (κ2) is 6.73. The number of piperazine rings is 1. The van der Waals surface area contributed by atoms with E-state index < -0.39 is 0 Å². The highest BCUT2D eigenvalue weighted by Gasteiger charge is 2.28. The average molecular weight is 348 g/mol. The SMILES string of the molecule is Cc1ccc(Br)cc1C(=O)N1CC(C)NCC1C.Cl. The van der Waals surface area contributed by atoms with Crippen LogP contribution in [0.2, 0.25) is 0 Å². The Kier molecular flexibility index (Phi) is 5.83. The summed E-state index contributed by atoms with van der Waals surface area (Å²) in [6.07, 6.45) is 0. The van der Waals surface area contributed by atoms with Crippen LogP contribution in [-0.2, 0) is 0 Å². The van der Waals surface area contributed by atoms with Crippen LogP contribution in [0.4, 0.5) is 0 Å². The van der Waals surface area contributed by atoms with Crippen molar-refractivity contribution in [3.05, 3.63) is 33.8 Å². The van der Waals surface area contributed by atoms with Gasteiger partial charge in [0.1, 0.15) is 0 Å². The minimum atomic E-state index is 0. The highest BCUT2D eigenvalue weighted by atomic mass is 79.9. The van der Waals surface area contributed by atoms with Crippen molar-refractivity contribution in [1.29, 1.82) is 0 Å². The van der Waals surface area contributed by atoms with E-state index in [0.717, 1.165) is 28.7 Å². The predicted octanol–water partition coefficient (Wildman–Crippen LogP) is 3.00. The first kappa shape index (κ1) is 16.5. The van der Waals surface area contributed by atoms with Gasteiger partial charge < -0.3 is 10.2 Å². The molecule has 0 bridgehead atoms. The Morgan fingerprint density at radius 3 is 2.79 bits per heavy atom. The van der Waals surface area contributed by atoms with Crippen molar-refractivity contribution in [3.8, 4) is 0 Å². The Morgan fingerprint density at radius 2 is 2.11 bits per heavy atom. The van der Waals surface area contributed by atoms with Crippen LogP contribution >= 0.6 is 28.3 Å². The molecule has 1 amide bonds. The maximum atomic E-state index is 12.6. The molecule has 1 aromatic carbocycles. The van der Waals surface area contributed by atoms with Crippen LogP contribution < -0.4 is 5.32 Å². The van der Waals surface area contributed by atoms with Crippen LogP contribution in [0.5, 0.6) is 0 Å². The van der Waals surface area contributed by atoms with Crippen LogP contribution in [0, 0.1) is 6.92 Å². The minimum Gasteiger partial charge on any atom is -0.333 e. The molecule has 0 saturated carbocycles. The maximum Gasteiger partial charge on any atom is 0.254 e. The van der Waals surface area contributed by atoms with Gasteiger partial charge in [-0.2, -0.15) is 0 Å². The normalized spacial score (nSPS) is 22.8. The summed E-state index contributed by atoms with van der Waals surface area (Å²) in [7, 11) is 0. The first-order valence-electron chi connectivity index (χ1n) is 6.29. The number of benzene rings is 1. The Bertz CT molecular complexity index is 467. The summed E-state index contributed by atoms with van der Waals surface area (Å²) in [4.78, 5) is 14.6. The zero-order valence-electron chi connectivity index (χ0n) is 11.4. The molecule has 1 aliphatic rings. The van der Waals surface area contributed by atoms with Gasteiger partial charge in [0.15, 0.2) is 0 Å². The number of carbonyl (C=O) groups excluding carboxylic acids is 1. The van der Waals surface area contributed by atoms with E-state index in [1.54, 1.807) is 0 Å². The summed E-state index contributed by atoms with van der Waals surface area (Å²) in [6.45, 7) is 7.81. The highest BCUT2D eigenvalue weighted by Crippen LogP contribution is 2.20. The number of rotatable bonds is 1. The van der Waals surface area contributed by atoms with Crippen LogP contribution in [-0.4, -0.2) is 36.0 Å². The van der Waals surface area contributed by atoms with Crippen LogP contribution in [0.1, 0.15) is 29.8 Å². The van der Waals surface area contributed by atoms with E-state index in [1.807, 2.05) is 30.0 Å². The fourth-order valence-electron chi connectivity index (χ4n) is 2.28. The maximum absolute atomic E-state index is 12.6. The Morgan fingerprint density at radius 1 is 1.42 bits per heavy atom. The third-order valence-corrected chi connectivity index (χ3v) is 3.95. The van der Waals surface area contributed by atoms with Gasteiger partial charge in [-0.15, -0.1) is 12.4 Å². The van der Waals surface area contributed by atoms with E-state index in [0.29, 0.717) is 6.04 Å². The Balaban J connectivity index is 0.00000180. The van der Waals surface area contributed by atoms with Crippen molar-refractivity contribution >= 4 is 34.2 Å². The van der Waals surface area contributed by atoms with E-state index in [9.17, 15) is 4.79 Å². The smallest absolute Gasteiger partial charge is 0.254 e. The topological polar surface area (TPSA) is 32.3 Å². The molecule has 0 aromatic heterocycles. The van der Waals surface area contributed by atoms with E-state index in [-0.39, 0.29) is 24.4 Å². The van der Waals surface area contributed by atoms with Gasteiger partial charge in [0.25, 0.3) is 5.91 Å². The monoisotopic (exact) mass is 346 g/mol. The lowest BCUT2D eigenvalue weighted by atomic mass is 10.0. The van der Waals surface area contributed by atoms with Crippen molar-refractivity contribution < 1.29 is 4.79 Å². The van der Waals surface area contributed by atoms with Crippen LogP contribution in [0.25, 0.3) is 0 Å². The van der Waals surface area contributed by atoms with Crippen LogP contribution in [0.3, 0.4) is 0 Å². The number of nitrogens with zero attached hydrogens (tertiary/aromatic N) is 1. The van der Waals surface area contributed by atoms with Gasteiger partial charge in [-0.25, -0.2) is 0 Å². The largest absolute Gasteiger partial charge is 0.333 e. The van der Waals surface area contributed by atoms with Crippen molar-refractivity contribution in [3.63, 3.8) is 0 Å². The van der Waals surface area contributed by atoms with E-state index in [4.69, 9.17) is 0 Å². The lowest BCUT2D eigenvalue weighted by molar-refractivity contribution is 0.0615. The molecular weight excluding hydrogens is 328 g/mol. The number of aryl methyl sites for hydroxylation is 1. The molecule has 1 N–H and O–H groups in total.